The van der Waals surface area contributed by atoms with Crippen molar-refractivity contribution in [3.05, 3.63) is 64.2 Å². The third kappa shape index (κ3) is 6.62. The zero-order chi connectivity index (χ0) is 20.4. The first-order valence-electron chi connectivity index (χ1n) is 9.10. The van der Waals surface area contributed by atoms with Gasteiger partial charge in [0, 0.05) is 11.6 Å². The molecule has 0 aliphatic rings. The number of hydrogen-bond donors (Lipinski definition) is 2. The fourth-order valence-electron chi connectivity index (χ4n) is 2.49. The molecule has 0 unspecified atom stereocenters. The average Bonchev–Trinajstić information content (AvgIpc) is 2.68. The zero-order valence-electron chi connectivity index (χ0n) is 15.6. The Hall–Kier alpha value is -3.00. The van der Waals surface area contributed by atoms with Gasteiger partial charge >= 0.3 is 0 Å². The standard InChI is InChI=1S/C20H23N3O4S/c1-2-3-4-7-14-27-16-12-10-15(11-13-16)19(24)22-20(28)21-17-8-5-6-9-18(17)23(25)26/h5-6,8-13H,2-4,7,14H2,1H3,(H2,21,22,24,28). The molecule has 0 spiro atoms. The molecule has 0 aliphatic carbocycles. The smallest absolute Gasteiger partial charge is 0.292 e. The molecule has 2 aromatic rings. The predicted molar refractivity (Wildman–Crippen MR) is 113 cm³/mol. The molecule has 2 rings (SSSR count). The first-order valence-corrected chi connectivity index (χ1v) is 9.50. The number of carbonyl (C=O) groups is 1. The van der Waals surface area contributed by atoms with Crippen molar-refractivity contribution in [1.29, 1.82) is 0 Å². The van der Waals surface area contributed by atoms with Crippen LogP contribution in [-0.2, 0) is 0 Å². The molecule has 8 heteroatoms. The summed E-state index contributed by atoms with van der Waals surface area (Å²) in [5.41, 5.74) is 0.495. The zero-order valence-corrected chi connectivity index (χ0v) is 16.5. The number of hydrogen-bond acceptors (Lipinski definition) is 5. The molecule has 0 aromatic heterocycles. The van der Waals surface area contributed by atoms with Crippen LogP contribution in [0.5, 0.6) is 5.75 Å². The molecule has 0 bridgehead atoms. The Kier molecular flexibility index (Phi) is 8.36. The van der Waals surface area contributed by atoms with Crippen molar-refractivity contribution < 1.29 is 14.5 Å². The molecule has 2 N–H and O–H groups in total. The van der Waals surface area contributed by atoms with E-state index in [1.807, 2.05) is 0 Å². The molecule has 0 fully saturated rings. The number of nitro benzene ring substituents is 1. The van der Waals surface area contributed by atoms with Crippen LogP contribution in [0.25, 0.3) is 0 Å². The summed E-state index contributed by atoms with van der Waals surface area (Å²) in [6, 6.07) is 12.8. The second-order valence-corrected chi connectivity index (χ2v) is 6.52. The molecule has 148 valence electrons. The Labute approximate surface area is 169 Å². The highest BCUT2D eigenvalue weighted by atomic mass is 32.1. The van der Waals surface area contributed by atoms with Crippen LogP contribution in [-0.4, -0.2) is 22.5 Å². The van der Waals surface area contributed by atoms with Crippen molar-refractivity contribution in [2.75, 3.05) is 11.9 Å². The third-order valence-electron chi connectivity index (χ3n) is 3.96. The van der Waals surface area contributed by atoms with Crippen LogP contribution in [0.1, 0.15) is 43.0 Å². The largest absolute Gasteiger partial charge is 0.494 e. The van der Waals surface area contributed by atoms with Gasteiger partial charge in [-0.15, -0.1) is 0 Å². The number of nitrogens with zero attached hydrogens (tertiary/aromatic N) is 1. The van der Waals surface area contributed by atoms with Crippen molar-refractivity contribution in [2.45, 2.75) is 32.6 Å². The Morgan fingerprint density at radius 1 is 1.11 bits per heavy atom. The number of rotatable bonds is 9. The van der Waals surface area contributed by atoms with Gasteiger partial charge in [-0.05, 0) is 49.0 Å². The van der Waals surface area contributed by atoms with E-state index < -0.39 is 10.8 Å². The van der Waals surface area contributed by atoms with Gasteiger partial charge in [0.25, 0.3) is 11.6 Å². The van der Waals surface area contributed by atoms with Crippen LogP contribution >= 0.6 is 12.2 Å². The minimum Gasteiger partial charge on any atom is -0.494 e. The Morgan fingerprint density at radius 2 is 1.82 bits per heavy atom. The summed E-state index contributed by atoms with van der Waals surface area (Å²) in [6.45, 7) is 2.81. The van der Waals surface area contributed by atoms with Crippen LogP contribution in [0.15, 0.2) is 48.5 Å². The summed E-state index contributed by atoms with van der Waals surface area (Å²) in [5, 5.41) is 16.2. The lowest BCUT2D eigenvalue weighted by Crippen LogP contribution is -2.34. The van der Waals surface area contributed by atoms with E-state index in [4.69, 9.17) is 17.0 Å². The van der Waals surface area contributed by atoms with Crippen LogP contribution in [0.4, 0.5) is 11.4 Å². The number of benzene rings is 2. The number of anilines is 1. The first kappa shape index (κ1) is 21.3. The van der Waals surface area contributed by atoms with E-state index in [1.165, 1.54) is 25.0 Å². The van der Waals surface area contributed by atoms with Gasteiger partial charge in [-0.3, -0.25) is 20.2 Å². The highest BCUT2D eigenvalue weighted by Gasteiger charge is 2.15. The van der Waals surface area contributed by atoms with Crippen molar-refractivity contribution in [1.82, 2.24) is 5.32 Å². The molecule has 0 saturated heterocycles. The predicted octanol–water partition coefficient (Wildman–Crippen LogP) is 4.68. The summed E-state index contributed by atoms with van der Waals surface area (Å²) in [7, 11) is 0. The summed E-state index contributed by atoms with van der Waals surface area (Å²) in [4.78, 5) is 22.8. The first-order chi connectivity index (χ1) is 13.5. The SMILES string of the molecule is CCCCCCOc1ccc(C(=O)NC(=S)Nc2ccccc2[N+](=O)[O-])cc1. The van der Waals surface area contributed by atoms with Gasteiger partial charge in [-0.2, -0.15) is 0 Å². The summed E-state index contributed by atoms with van der Waals surface area (Å²) in [6.07, 6.45) is 4.52. The molecule has 0 saturated carbocycles. The van der Waals surface area contributed by atoms with Gasteiger partial charge in [0.1, 0.15) is 11.4 Å². The van der Waals surface area contributed by atoms with Crippen molar-refractivity contribution >= 4 is 34.6 Å². The number of para-hydroxylation sites is 2. The van der Waals surface area contributed by atoms with Crippen LogP contribution < -0.4 is 15.4 Å². The summed E-state index contributed by atoms with van der Waals surface area (Å²) >= 11 is 5.09. The lowest BCUT2D eigenvalue weighted by atomic mass is 10.2. The van der Waals surface area contributed by atoms with E-state index in [1.54, 1.807) is 36.4 Å². The van der Waals surface area contributed by atoms with E-state index in [9.17, 15) is 14.9 Å². The number of nitrogens with one attached hydrogen (secondary N) is 2. The van der Waals surface area contributed by atoms with Crippen molar-refractivity contribution in [2.24, 2.45) is 0 Å². The number of ether oxygens (including phenoxy) is 1. The van der Waals surface area contributed by atoms with Crippen molar-refractivity contribution in [3.63, 3.8) is 0 Å². The van der Waals surface area contributed by atoms with Gasteiger partial charge in [0.15, 0.2) is 5.11 Å². The van der Waals surface area contributed by atoms with Gasteiger partial charge in [0.05, 0.1) is 11.5 Å². The Bertz CT molecular complexity index is 824. The molecular weight excluding hydrogens is 378 g/mol. The van der Waals surface area contributed by atoms with E-state index in [0.29, 0.717) is 17.9 Å². The fraction of sp³-hybridized carbons (Fsp3) is 0.300. The molecule has 7 nitrogen and oxygen atoms in total. The molecule has 0 aliphatic heterocycles. The number of amides is 1. The number of unbranched alkanes of at least 4 members (excludes halogenated alkanes) is 3. The van der Waals surface area contributed by atoms with Crippen LogP contribution in [0.2, 0.25) is 0 Å². The van der Waals surface area contributed by atoms with Gasteiger partial charge in [0.2, 0.25) is 0 Å². The number of nitro groups is 1. The molecule has 0 heterocycles. The lowest BCUT2D eigenvalue weighted by Gasteiger charge is -2.10. The third-order valence-corrected chi connectivity index (χ3v) is 4.16. The Morgan fingerprint density at radius 3 is 2.50 bits per heavy atom. The van der Waals surface area contributed by atoms with E-state index in [2.05, 4.69) is 17.6 Å². The minimum absolute atomic E-state index is 0.0180. The average molecular weight is 401 g/mol. The lowest BCUT2D eigenvalue weighted by molar-refractivity contribution is -0.383. The molecule has 0 atom stereocenters. The second-order valence-electron chi connectivity index (χ2n) is 6.12. The maximum atomic E-state index is 12.3. The van der Waals surface area contributed by atoms with Crippen molar-refractivity contribution in [3.8, 4) is 5.75 Å². The van der Waals surface area contributed by atoms with E-state index in [0.717, 1.165) is 12.8 Å². The maximum Gasteiger partial charge on any atom is 0.292 e. The Balaban J connectivity index is 1.87. The maximum absolute atomic E-state index is 12.3. The quantitative estimate of drug-likeness (QED) is 0.274. The molecule has 28 heavy (non-hydrogen) atoms. The highest BCUT2D eigenvalue weighted by Crippen LogP contribution is 2.23. The topological polar surface area (TPSA) is 93.5 Å². The fourth-order valence-corrected chi connectivity index (χ4v) is 2.69. The normalized spacial score (nSPS) is 10.2. The molecule has 2 aromatic carbocycles. The number of carbonyl (C=O) groups excluding carboxylic acids is 1. The summed E-state index contributed by atoms with van der Waals surface area (Å²) in [5.74, 6) is 0.291. The molecule has 1 amide bonds. The van der Waals surface area contributed by atoms with Gasteiger partial charge in [-0.25, -0.2) is 0 Å². The number of thiocarbonyl (C=S) groups is 1. The van der Waals surface area contributed by atoms with Gasteiger partial charge in [-0.1, -0.05) is 38.3 Å². The minimum atomic E-state index is -0.520. The van der Waals surface area contributed by atoms with Crippen LogP contribution in [0.3, 0.4) is 0 Å². The van der Waals surface area contributed by atoms with Gasteiger partial charge < -0.3 is 10.1 Å². The molecule has 0 radical (unpaired) electrons. The van der Waals surface area contributed by atoms with E-state index in [-0.39, 0.29) is 16.5 Å². The summed E-state index contributed by atoms with van der Waals surface area (Å²) < 4.78 is 5.65. The second kappa shape index (κ2) is 11.0. The molecular formula is C20H23N3O4S. The highest BCUT2D eigenvalue weighted by molar-refractivity contribution is 7.80. The monoisotopic (exact) mass is 401 g/mol. The van der Waals surface area contributed by atoms with Crippen LogP contribution in [0, 0.1) is 10.1 Å². The van der Waals surface area contributed by atoms with E-state index >= 15 is 0 Å².